The molecule has 0 spiro atoms. The van der Waals surface area contributed by atoms with Gasteiger partial charge in [0.1, 0.15) is 0 Å². The summed E-state index contributed by atoms with van der Waals surface area (Å²) < 4.78 is 10.7. The van der Waals surface area contributed by atoms with Crippen molar-refractivity contribution in [1.29, 1.82) is 0 Å². The highest BCUT2D eigenvalue weighted by molar-refractivity contribution is 5.89. The lowest BCUT2D eigenvalue weighted by Gasteiger charge is -2.13. The van der Waals surface area contributed by atoms with Gasteiger partial charge < -0.3 is 20.1 Å². The molecule has 0 aromatic heterocycles. The molecule has 0 fully saturated rings. The smallest absolute Gasteiger partial charge is 0.319 e. The molecule has 2 aromatic carbocycles. The normalized spacial score (nSPS) is 10.0. The van der Waals surface area contributed by atoms with Gasteiger partial charge in [-0.25, -0.2) is 4.79 Å². The Morgan fingerprint density at radius 1 is 1.13 bits per heavy atom. The number of aryl methyl sites for hydroxylation is 1. The fraction of sp³-hybridized carbons (Fsp3) is 0.278. The highest BCUT2D eigenvalue weighted by Gasteiger charge is 2.08. The average Bonchev–Trinajstić information content (AvgIpc) is 2.55. The SMILES string of the molecule is CCOc1cc(NC(=O)NCc2ccccc2C)ccc1OC. The van der Waals surface area contributed by atoms with Crippen LogP contribution in [-0.2, 0) is 6.54 Å². The summed E-state index contributed by atoms with van der Waals surface area (Å²) in [5, 5.41) is 5.64. The molecular formula is C18H22N2O3. The summed E-state index contributed by atoms with van der Waals surface area (Å²) in [6, 6.07) is 13.0. The number of carbonyl (C=O) groups excluding carboxylic acids is 1. The van der Waals surface area contributed by atoms with Crippen molar-refractivity contribution in [3.8, 4) is 11.5 Å². The zero-order valence-electron chi connectivity index (χ0n) is 13.7. The third-order valence-electron chi connectivity index (χ3n) is 3.42. The Bertz CT molecular complexity index is 671. The summed E-state index contributed by atoms with van der Waals surface area (Å²) in [4.78, 5) is 12.0. The fourth-order valence-electron chi connectivity index (χ4n) is 2.18. The minimum atomic E-state index is -0.263. The molecule has 2 N–H and O–H groups in total. The molecular weight excluding hydrogens is 292 g/mol. The number of benzene rings is 2. The first-order valence-electron chi connectivity index (χ1n) is 7.54. The Balaban J connectivity index is 1.97. The molecule has 0 radical (unpaired) electrons. The number of nitrogens with one attached hydrogen (secondary N) is 2. The average molecular weight is 314 g/mol. The molecule has 2 rings (SSSR count). The maximum absolute atomic E-state index is 12.0. The molecule has 0 saturated carbocycles. The summed E-state index contributed by atoms with van der Waals surface area (Å²) in [5.74, 6) is 1.24. The number of hydrogen-bond acceptors (Lipinski definition) is 3. The van der Waals surface area contributed by atoms with Gasteiger partial charge in [0.05, 0.1) is 13.7 Å². The standard InChI is InChI=1S/C18H22N2O3/c1-4-23-17-11-15(9-10-16(17)22-3)20-18(21)19-12-14-8-6-5-7-13(14)2/h5-11H,4,12H2,1-3H3,(H2,19,20,21). The van der Waals surface area contributed by atoms with Crippen LogP contribution in [0.15, 0.2) is 42.5 Å². The molecule has 0 aliphatic carbocycles. The van der Waals surface area contributed by atoms with Crippen molar-refractivity contribution in [2.75, 3.05) is 19.0 Å². The van der Waals surface area contributed by atoms with Crippen molar-refractivity contribution in [1.82, 2.24) is 5.32 Å². The summed E-state index contributed by atoms with van der Waals surface area (Å²) in [6.45, 7) is 4.92. The Morgan fingerprint density at radius 3 is 2.61 bits per heavy atom. The molecule has 0 saturated heterocycles. The van der Waals surface area contributed by atoms with Crippen LogP contribution in [-0.4, -0.2) is 19.7 Å². The van der Waals surface area contributed by atoms with E-state index in [2.05, 4.69) is 10.6 Å². The third-order valence-corrected chi connectivity index (χ3v) is 3.42. The number of ether oxygens (including phenoxy) is 2. The van der Waals surface area contributed by atoms with E-state index in [0.717, 1.165) is 11.1 Å². The van der Waals surface area contributed by atoms with Crippen LogP contribution in [0.3, 0.4) is 0 Å². The lowest BCUT2D eigenvalue weighted by Crippen LogP contribution is -2.28. The molecule has 0 unspecified atom stereocenters. The maximum atomic E-state index is 12.0. The van der Waals surface area contributed by atoms with Crippen molar-refractivity contribution in [3.05, 3.63) is 53.6 Å². The molecule has 0 aliphatic rings. The van der Waals surface area contributed by atoms with Crippen LogP contribution in [0.25, 0.3) is 0 Å². The molecule has 0 aliphatic heterocycles. The maximum Gasteiger partial charge on any atom is 0.319 e. The van der Waals surface area contributed by atoms with E-state index in [1.807, 2.05) is 38.1 Å². The molecule has 5 nitrogen and oxygen atoms in total. The summed E-state index contributed by atoms with van der Waals surface area (Å²) in [7, 11) is 1.58. The first-order chi connectivity index (χ1) is 11.1. The lowest BCUT2D eigenvalue weighted by molar-refractivity contribution is 0.251. The summed E-state index contributed by atoms with van der Waals surface area (Å²) >= 11 is 0. The molecule has 2 amide bonds. The van der Waals surface area contributed by atoms with Crippen LogP contribution in [0.1, 0.15) is 18.1 Å². The Morgan fingerprint density at radius 2 is 1.91 bits per heavy atom. The van der Waals surface area contributed by atoms with E-state index in [9.17, 15) is 4.79 Å². The second-order valence-corrected chi connectivity index (χ2v) is 5.03. The van der Waals surface area contributed by atoms with Crippen molar-refractivity contribution in [2.45, 2.75) is 20.4 Å². The second kappa shape index (κ2) is 8.08. The van der Waals surface area contributed by atoms with Gasteiger partial charge in [0.2, 0.25) is 0 Å². The first-order valence-corrected chi connectivity index (χ1v) is 7.54. The molecule has 0 heterocycles. The molecule has 0 bridgehead atoms. The Hall–Kier alpha value is -2.69. The third kappa shape index (κ3) is 4.64. The van der Waals surface area contributed by atoms with Gasteiger partial charge in [-0.1, -0.05) is 24.3 Å². The molecule has 5 heteroatoms. The molecule has 2 aromatic rings. The van der Waals surface area contributed by atoms with E-state index in [1.165, 1.54) is 0 Å². The monoisotopic (exact) mass is 314 g/mol. The number of methoxy groups -OCH3 is 1. The Kier molecular flexibility index (Phi) is 5.86. The first kappa shape index (κ1) is 16.7. The van der Waals surface area contributed by atoms with Crippen LogP contribution in [0, 0.1) is 6.92 Å². The topological polar surface area (TPSA) is 59.6 Å². The van der Waals surface area contributed by atoms with E-state index < -0.39 is 0 Å². The molecule has 122 valence electrons. The highest BCUT2D eigenvalue weighted by Crippen LogP contribution is 2.30. The van der Waals surface area contributed by atoms with E-state index in [-0.39, 0.29) is 6.03 Å². The van der Waals surface area contributed by atoms with Gasteiger partial charge >= 0.3 is 6.03 Å². The number of anilines is 1. The van der Waals surface area contributed by atoms with Crippen LogP contribution in [0.5, 0.6) is 11.5 Å². The van der Waals surface area contributed by atoms with Gasteiger partial charge in [0.25, 0.3) is 0 Å². The number of amides is 2. The highest BCUT2D eigenvalue weighted by atomic mass is 16.5. The number of hydrogen-bond donors (Lipinski definition) is 2. The van der Waals surface area contributed by atoms with Crippen LogP contribution in [0.4, 0.5) is 10.5 Å². The minimum absolute atomic E-state index is 0.263. The van der Waals surface area contributed by atoms with Crippen molar-refractivity contribution >= 4 is 11.7 Å². The zero-order valence-corrected chi connectivity index (χ0v) is 13.7. The van der Waals surface area contributed by atoms with Crippen molar-refractivity contribution < 1.29 is 14.3 Å². The largest absolute Gasteiger partial charge is 0.493 e. The quantitative estimate of drug-likeness (QED) is 0.854. The van der Waals surface area contributed by atoms with Crippen LogP contribution < -0.4 is 20.1 Å². The lowest BCUT2D eigenvalue weighted by atomic mass is 10.1. The van der Waals surface area contributed by atoms with Crippen molar-refractivity contribution in [3.63, 3.8) is 0 Å². The molecule has 0 atom stereocenters. The number of urea groups is 1. The predicted octanol–water partition coefficient (Wildman–Crippen LogP) is 3.72. The number of rotatable bonds is 6. The molecule has 23 heavy (non-hydrogen) atoms. The van der Waals surface area contributed by atoms with Crippen LogP contribution >= 0.6 is 0 Å². The van der Waals surface area contributed by atoms with Gasteiger partial charge in [-0.05, 0) is 37.1 Å². The second-order valence-electron chi connectivity index (χ2n) is 5.03. The zero-order chi connectivity index (χ0) is 16.7. The van der Waals surface area contributed by atoms with Crippen molar-refractivity contribution in [2.24, 2.45) is 0 Å². The van der Waals surface area contributed by atoms with E-state index in [0.29, 0.717) is 30.3 Å². The van der Waals surface area contributed by atoms with E-state index in [4.69, 9.17) is 9.47 Å². The van der Waals surface area contributed by atoms with E-state index >= 15 is 0 Å². The number of carbonyl (C=O) groups is 1. The van der Waals surface area contributed by atoms with Crippen LogP contribution in [0.2, 0.25) is 0 Å². The van der Waals surface area contributed by atoms with Gasteiger partial charge in [0, 0.05) is 18.3 Å². The van der Waals surface area contributed by atoms with Gasteiger partial charge in [-0.2, -0.15) is 0 Å². The van der Waals surface area contributed by atoms with Gasteiger partial charge in [0.15, 0.2) is 11.5 Å². The predicted molar refractivity (Wildman–Crippen MR) is 91.2 cm³/mol. The van der Waals surface area contributed by atoms with Gasteiger partial charge in [-0.15, -0.1) is 0 Å². The summed E-state index contributed by atoms with van der Waals surface area (Å²) in [5.41, 5.74) is 2.89. The summed E-state index contributed by atoms with van der Waals surface area (Å²) in [6.07, 6.45) is 0. The Labute approximate surface area is 136 Å². The fourth-order valence-corrected chi connectivity index (χ4v) is 2.18. The van der Waals surface area contributed by atoms with Gasteiger partial charge in [-0.3, -0.25) is 0 Å². The van der Waals surface area contributed by atoms with E-state index in [1.54, 1.807) is 25.3 Å². The minimum Gasteiger partial charge on any atom is -0.493 e.